The van der Waals surface area contributed by atoms with Gasteiger partial charge >= 0.3 is 0 Å². The van der Waals surface area contributed by atoms with E-state index in [0.29, 0.717) is 29.5 Å². The third kappa shape index (κ3) is 3.96. The summed E-state index contributed by atoms with van der Waals surface area (Å²) in [6.45, 7) is 22.5. The Labute approximate surface area is 228 Å². The van der Waals surface area contributed by atoms with Gasteiger partial charge in [0.05, 0.1) is 11.8 Å². The van der Waals surface area contributed by atoms with Gasteiger partial charge in [-0.05, 0) is 62.2 Å². The van der Waals surface area contributed by atoms with E-state index in [1.54, 1.807) is 0 Å². The number of aliphatic imine (C=N–C) groups is 2. The fourth-order valence-corrected chi connectivity index (χ4v) is 11.7. The van der Waals surface area contributed by atoms with E-state index in [1.807, 2.05) is 23.5 Å². The molecule has 2 aliphatic heterocycles. The third-order valence-electron chi connectivity index (χ3n) is 10.8. The molecule has 0 N–H and O–H groups in total. The van der Waals surface area contributed by atoms with Crippen LogP contribution in [0.1, 0.15) is 80.1 Å². The van der Waals surface area contributed by atoms with Crippen molar-refractivity contribution in [2.45, 2.75) is 89.8 Å². The fourth-order valence-electron chi connectivity index (χ4n) is 8.59. The SMILES string of the molecule is C=CC1(C2(C(C)C(=O)C(C)C3(C4(C=C)CCC(C)CC4C)N=CCS3)N=CCS2)CCC(C)CC1C. The average molecular weight is 529 g/mol. The van der Waals surface area contributed by atoms with Crippen molar-refractivity contribution >= 4 is 41.7 Å². The molecule has 0 amide bonds. The molecular formula is C31H48N2OS2. The quantitative estimate of drug-likeness (QED) is 0.299. The van der Waals surface area contributed by atoms with Gasteiger partial charge in [0.25, 0.3) is 0 Å². The molecule has 2 fully saturated rings. The highest BCUT2D eigenvalue weighted by molar-refractivity contribution is 8.02. The maximum Gasteiger partial charge on any atom is 0.145 e. The summed E-state index contributed by atoms with van der Waals surface area (Å²) in [6, 6.07) is 0. The van der Waals surface area contributed by atoms with Crippen LogP contribution in [0.2, 0.25) is 0 Å². The molecule has 0 bridgehead atoms. The lowest BCUT2D eigenvalue weighted by molar-refractivity contribution is -0.131. The summed E-state index contributed by atoms with van der Waals surface area (Å²) in [5.41, 5.74) is -0.343. The van der Waals surface area contributed by atoms with Gasteiger partial charge in [-0.2, -0.15) is 0 Å². The number of thioether (sulfide) groups is 2. The lowest BCUT2D eigenvalue weighted by atomic mass is 9.55. The molecule has 3 nitrogen and oxygen atoms in total. The van der Waals surface area contributed by atoms with Crippen LogP contribution in [0.5, 0.6) is 0 Å². The molecule has 0 aromatic heterocycles. The van der Waals surface area contributed by atoms with Crippen molar-refractivity contribution in [2.24, 2.45) is 56.3 Å². The van der Waals surface area contributed by atoms with Crippen LogP contribution in [0.4, 0.5) is 0 Å². The van der Waals surface area contributed by atoms with E-state index in [0.717, 1.165) is 24.3 Å². The van der Waals surface area contributed by atoms with Crippen LogP contribution in [0.15, 0.2) is 35.3 Å². The summed E-state index contributed by atoms with van der Waals surface area (Å²) in [6.07, 6.45) is 15.3. The zero-order valence-electron chi connectivity index (χ0n) is 23.5. The van der Waals surface area contributed by atoms with Crippen molar-refractivity contribution < 1.29 is 4.79 Å². The van der Waals surface area contributed by atoms with E-state index >= 15 is 0 Å². The largest absolute Gasteiger partial charge is 0.299 e. The summed E-state index contributed by atoms with van der Waals surface area (Å²) in [7, 11) is 0. The Bertz CT molecular complexity index is 860. The number of carbonyl (C=O) groups is 1. The second kappa shape index (κ2) is 10.4. The Kier molecular flexibility index (Phi) is 8.14. The first-order valence-electron chi connectivity index (χ1n) is 14.2. The summed E-state index contributed by atoms with van der Waals surface area (Å²) in [5, 5.41) is 0. The van der Waals surface area contributed by atoms with Crippen molar-refractivity contribution in [2.75, 3.05) is 11.5 Å². The van der Waals surface area contributed by atoms with Crippen molar-refractivity contribution in [1.82, 2.24) is 0 Å². The maximum absolute atomic E-state index is 14.7. The normalized spacial score (nSPS) is 46.4. The molecule has 5 heteroatoms. The standard InChI is InChI=1S/C31H48N2OS2/c1-9-28(13-11-21(3)19-23(28)5)30(32-15-17-35-30)25(7)27(34)26(8)31(33-16-18-36-31)29(10-2)14-12-22(4)20-24(29)6/h9-10,15-16,21-26H,1-2,11-14,17-20H2,3-8H3. The van der Waals surface area contributed by atoms with E-state index in [1.165, 1.54) is 25.7 Å². The zero-order chi connectivity index (χ0) is 26.4. The Hall–Kier alpha value is -0.810. The van der Waals surface area contributed by atoms with E-state index in [2.05, 4.69) is 79.3 Å². The summed E-state index contributed by atoms with van der Waals surface area (Å²) >= 11 is 3.76. The highest BCUT2D eigenvalue weighted by atomic mass is 32.2. The first-order chi connectivity index (χ1) is 17.1. The van der Waals surface area contributed by atoms with Crippen LogP contribution in [0.3, 0.4) is 0 Å². The van der Waals surface area contributed by atoms with Gasteiger partial charge in [-0.3, -0.25) is 14.8 Å². The first-order valence-corrected chi connectivity index (χ1v) is 16.2. The fraction of sp³-hybridized carbons (Fsp3) is 0.774. The van der Waals surface area contributed by atoms with Crippen LogP contribution in [0.25, 0.3) is 0 Å². The molecule has 10 atom stereocenters. The van der Waals surface area contributed by atoms with Gasteiger partial charge in [0, 0.05) is 34.8 Å². The highest BCUT2D eigenvalue weighted by Crippen LogP contribution is 2.64. The van der Waals surface area contributed by atoms with Gasteiger partial charge in [-0.25, -0.2) is 0 Å². The van der Waals surface area contributed by atoms with Crippen LogP contribution < -0.4 is 0 Å². The molecule has 4 aliphatic rings. The molecule has 0 aromatic rings. The van der Waals surface area contributed by atoms with Crippen molar-refractivity contribution in [3.05, 3.63) is 25.3 Å². The minimum Gasteiger partial charge on any atom is -0.299 e. The van der Waals surface area contributed by atoms with Crippen LogP contribution in [-0.4, -0.2) is 39.5 Å². The molecule has 0 aromatic carbocycles. The zero-order valence-corrected chi connectivity index (χ0v) is 25.1. The minimum atomic E-state index is -0.484. The van der Waals surface area contributed by atoms with Crippen molar-refractivity contribution in [3.63, 3.8) is 0 Å². The number of carbonyl (C=O) groups excluding carboxylic acids is 1. The van der Waals surface area contributed by atoms with Crippen molar-refractivity contribution in [3.8, 4) is 0 Å². The molecular weight excluding hydrogens is 480 g/mol. The minimum absolute atomic E-state index is 0.172. The smallest absolute Gasteiger partial charge is 0.145 e. The lowest BCUT2D eigenvalue weighted by Gasteiger charge is -2.56. The van der Waals surface area contributed by atoms with Gasteiger partial charge in [0.2, 0.25) is 0 Å². The molecule has 10 unspecified atom stereocenters. The van der Waals surface area contributed by atoms with E-state index in [4.69, 9.17) is 9.98 Å². The van der Waals surface area contributed by atoms with E-state index in [-0.39, 0.29) is 22.7 Å². The Morgan fingerprint density at radius 3 is 1.50 bits per heavy atom. The molecule has 0 radical (unpaired) electrons. The second-order valence-corrected chi connectivity index (χ2v) is 15.0. The van der Waals surface area contributed by atoms with Gasteiger partial charge in [0.15, 0.2) is 0 Å². The molecule has 0 saturated heterocycles. The summed E-state index contributed by atoms with van der Waals surface area (Å²) in [4.78, 5) is 24.2. The number of nitrogens with zero attached hydrogens (tertiary/aromatic N) is 2. The van der Waals surface area contributed by atoms with Gasteiger partial charge in [-0.1, -0.05) is 53.7 Å². The summed E-state index contributed by atoms with van der Waals surface area (Å²) < 4.78 is 0. The van der Waals surface area contributed by atoms with Crippen molar-refractivity contribution in [1.29, 1.82) is 0 Å². The number of hydrogen-bond donors (Lipinski definition) is 0. The molecule has 2 heterocycles. The molecule has 200 valence electrons. The van der Waals surface area contributed by atoms with Gasteiger partial charge in [0.1, 0.15) is 15.5 Å². The predicted octanol–water partition coefficient (Wildman–Crippen LogP) is 8.11. The summed E-state index contributed by atoms with van der Waals surface area (Å²) in [5.74, 6) is 3.93. The van der Waals surface area contributed by atoms with E-state index < -0.39 is 9.74 Å². The van der Waals surface area contributed by atoms with Crippen LogP contribution >= 0.6 is 23.5 Å². The molecule has 2 aliphatic carbocycles. The number of ketones is 1. The predicted molar refractivity (Wildman–Crippen MR) is 160 cm³/mol. The average Bonchev–Trinajstić information content (AvgIpc) is 3.55. The molecule has 36 heavy (non-hydrogen) atoms. The Balaban J connectivity index is 1.74. The monoisotopic (exact) mass is 528 g/mol. The molecule has 0 spiro atoms. The topological polar surface area (TPSA) is 41.8 Å². The number of Topliss-reactive ketones (excluding diaryl/α,β-unsaturated/α-hetero) is 1. The maximum atomic E-state index is 14.7. The number of hydrogen-bond acceptors (Lipinski definition) is 5. The van der Waals surface area contributed by atoms with Gasteiger partial charge in [-0.15, -0.1) is 36.7 Å². The van der Waals surface area contributed by atoms with Crippen LogP contribution in [-0.2, 0) is 4.79 Å². The Morgan fingerprint density at radius 1 is 0.833 bits per heavy atom. The third-order valence-corrected chi connectivity index (χ3v) is 14.0. The molecule has 2 saturated carbocycles. The van der Waals surface area contributed by atoms with Gasteiger partial charge < -0.3 is 0 Å². The van der Waals surface area contributed by atoms with E-state index in [9.17, 15) is 4.79 Å². The second-order valence-electron chi connectivity index (χ2n) is 12.5. The molecule has 4 rings (SSSR count). The van der Waals surface area contributed by atoms with Crippen LogP contribution in [0, 0.1) is 46.3 Å². The Morgan fingerprint density at radius 2 is 1.22 bits per heavy atom. The number of rotatable bonds is 8. The highest BCUT2D eigenvalue weighted by Gasteiger charge is 2.64. The lowest BCUT2D eigenvalue weighted by Crippen LogP contribution is -2.59. The first kappa shape index (κ1) is 28.2.